The average molecular weight is 240 g/mol. The van der Waals surface area contributed by atoms with Crippen molar-refractivity contribution in [2.24, 2.45) is 0 Å². The van der Waals surface area contributed by atoms with Gasteiger partial charge in [-0.15, -0.1) is 0 Å². The Morgan fingerprint density at radius 3 is 3.19 bits per heavy atom. The maximum absolute atomic E-state index is 11.8. The van der Waals surface area contributed by atoms with Crippen LogP contribution in [0.4, 0.5) is 0 Å². The van der Waals surface area contributed by atoms with Crippen LogP contribution in [0.2, 0.25) is 0 Å². The molecule has 2 rings (SSSR count). The molecule has 4 nitrogen and oxygen atoms in total. The summed E-state index contributed by atoms with van der Waals surface area (Å²) in [5.41, 5.74) is 1.80. The number of amides is 1. The first-order valence-electron chi connectivity index (χ1n) is 5.40. The fraction of sp³-hybridized carbons (Fsp3) is 0.545. The molecule has 0 spiro atoms. The van der Waals surface area contributed by atoms with Crippen molar-refractivity contribution in [3.8, 4) is 0 Å². The van der Waals surface area contributed by atoms with Gasteiger partial charge in [0.15, 0.2) is 0 Å². The normalized spacial score (nSPS) is 20.7. The third-order valence-corrected chi connectivity index (χ3v) is 3.46. The number of morpholine rings is 1. The highest BCUT2D eigenvalue weighted by Crippen LogP contribution is 2.13. The number of aryl methyl sites for hydroxylation is 1. The Morgan fingerprint density at radius 1 is 1.69 bits per heavy atom. The smallest absolute Gasteiger partial charge is 0.252 e. The summed E-state index contributed by atoms with van der Waals surface area (Å²) in [6.07, 6.45) is 0.0941. The van der Waals surface area contributed by atoms with Crippen LogP contribution in [0.25, 0.3) is 0 Å². The number of hydrogen-bond donors (Lipinski definition) is 2. The maximum atomic E-state index is 11.8. The number of carbonyl (C=O) groups excluding carboxylic acids is 1. The monoisotopic (exact) mass is 240 g/mol. The summed E-state index contributed by atoms with van der Waals surface area (Å²) in [4.78, 5) is 11.8. The second-order valence-electron chi connectivity index (χ2n) is 3.88. The van der Waals surface area contributed by atoms with Gasteiger partial charge < -0.3 is 15.4 Å². The van der Waals surface area contributed by atoms with Crippen LogP contribution in [0.1, 0.15) is 15.9 Å². The zero-order valence-corrected chi connectivity index (χ0v) is 10.1. The van der Waals surface area contributed by atoms with E-state index in [9.17, 15) is 4.79 Å². The fourth-order valence-corrected chi connectivity index (χ4v) is 2.47. The molecule has 1 saturated heterocycles. The second-order valence-corrected chi connectivity index (χ2v) is 4.62. The van der Waals surface area contributed by atoms with Gasteiger partial charge in [0.05, 0.1) is 18.3 Å². The number of thiophene rings is 1. The van der Waals surface area contributed by atoms with Crippen molar-refractivity contribution in [2.45, 2.75) is 13.0 Å². The molecule has 1 amide bonds. The quantitative estimate of drug-likeness (QED) is 0.820. The number of rotatable bonds is 3. The molecule has 0 saturated carbocycles. The Kier molecular flexibility index (Phi) is 3.93. The molecular formula is C11H16N2O2S. The first kappa shape index (κ1) is 11.6. The molecule has 1 aliphatic heterocycles. The van der Waals surface area contributed by atoms with Gasteiger partial charge in [0.2, 0.25) is 0 Å². The lowest BCUT2D eigenvalue weighted by Crippen LogP contribution is -2.45. The lowest BCUT2D eigenvalue weighted by atomic mass is 10.2. The lowest BCUT2D eigenvalue weighted by molar-refractivity contribution is 0.0287. The lowest BCUT2D eigenvalue weighted by Gasteiger charge is -2.23. The van der Waals surface area contributed by atoms with E-state index in [2.05, 4.69) is 10.6 Å². The van der Waals surface area contributed by atoms with Gasteiger partial charge >= 0.3 is 0 Å². The Labute approximate surface area is 99.0 Å². The highest BCUT2D eigenvalue weighted by Gasteiger charge is 2.15. The molecule has 5 heteroatoms. The van der Waals surface area contributed by atoms with E-state index in [1.54, 1.807) is 11.3 Å². The first-order valence-corrected chi connectivity index (χ1v) is 6.35. The van der Waals surface area contributed by atoms with Crippen LogP contribution in [-0.2, 0) is 4.74 Å². The van der Waals surface area contributed by atoms with Gasteiger partial charge in [0.25, 0.3) is 5.91 Å². The van der Waals surface area contributed by atoms with E-state index in [-0.39, 0.29) is 12.0 Å². The highest BCUT2D eigenvalue weighted by atomic mass is 32.1. The minimum Gasteiger partial charge on any atom is -0.374 e. The summed E-state index contributed by atoms with van der Waals surface area (Å²) >= 11 is 1.55. The summed E-state index contributed by atoms with van der Waals surface area (Å²) in [6, 6.07) is 0. The number of carbonyl (C=O) groups is 1. The Balaban J connectivity index is 1.81. The number of nitrogens with one attached hydrogen (secondary N) is 2. The predicted octanol–water partition coefficient (Wildman–Crippen LogP) is 0.775. The van der Waals surface area contributed by atoms with E-state index in [1.165, 1.54) is 0 Å². The van der Waals surface area contributed by atoms with Gasteiger partial charge in [-0.25, -0.2) is 0 Å². The van der Waals surface area contributed by atoms with Crippen molar-refractivity contribution in [2.75, 3.05) is 26.2 Å². The van der Waals surface area contributed by atoms with E-state index in [1.807, 2.05) is 17.7 Å². The first-order chi connectivity index (χ1) is 7.77. The minimum absolute atomic E-state index is 0.00655. The molecule has 2 heterocycles. The SMILES string of the molecule is Cc1cscc1C(=O)NCC1CNCCO1. The van der Waals surface area contributed by atoms with Gasteiger partial charge in [-0.1, -0.05) is 0 Å². The molecule has 1 unspecified atom stereocenters. The molecular weight excluding hydrogens is 224 g/mol. The van der Waals surface area contributed by atoms with Crippen LogP contribution in [0, 0.1) is 6.92 Å². The maximum Gasteiger partial charge on any atom is 0.252 e. The topological polar surface area (TPSA) is 50.4 Å². The number of hydrogen-bond acceptors (Lipinski definition) is 4. The Morgan fingerprint density at radius 2 is 2.56 bits per heavy atom. The predicted molar refractivity (Wildman–Crippen MR) is 64.0 cm³/mol. The molecule has 1 aromatic heterocycles. The van der Waals surface area contributed by atoms with E-state index in [4.69, 9.17) is 4.74 Å². The van der Waals surface area contributed by atoms with Gasteiger partial charge in [0, 0.05) is 25.0 Å². The molecule has 1 fully saturated rings. The Bertz CT molecular complexity index is 359. The molecule has 1 aliphatic rings. The molecule has 0 bridgehead atoms. The Hall–Kier alpha value is -0.910. The molecule has 1 aromatic rings. The van der Waals surface area contributed by atoms with Crippen molar-refractivity contribution in [3.05, 3.63) is 21.9 Å². The van der Waals surface area contributed by atoms with Gasteiger partial charge in [-0.3, -0.25) is 4.79 Å². The molecule has 0 aromatic carbocycles. The van der Waals surface area contributed by atoms with E-state index in [0.29, 0.717) is 6.54 Å². The van der Waals surface area contributed by atoms with E-state index >= 15 is 0 Å². The summed E-state index contributed by atoms with van der Waals surface area (Å²) in [7, 11) is 0. The molecule has 0 radical (unpaired) electrons. The van der Waals surface area contributed by atoms with Crippen molar-refractivity contribution in [1.29, 1.82) is 0 Å². The van der Waals surface area contributed by atoms with Crippen LogP contribution < -0.4 is 10.6 Å². The minimum atomic E-state index is -0.00655. The standard InChI is InChI=1S/C11H16N2O2S/c1-8-6-16-7-10(8)11(14)13-5-9-4-12-2-3-15-9/h6-7,9,12H,2-5H2,1H3,(H,13,14). The average Bonchev–Trinajstić information content (AvgIpc) is 2.74. The van der Waals surface area contributed by atoms with Crippen LogP contribution in [0.15, 0.2) is 10.8 Å². The third kappa shape index (κ3) is 2.81. The van der Waals surface area contributed by atoms with E-state index in [0.717, 1.165) is 30.8 Å². The molecule has 2 N–H and O–H groups in total. The second kappa shape index (κ2) is 5.43. The van der Waals surface area contributed by atoms with Crippen molar-refractivity contribution < 1.29 is 9.53 Å². The van der Waals surface area contributed by atoms with Crippen LogP contribution in [0.5, 0.6) is 0 Å². The van der Waals surface area contributed by atoms with Gasteiger partial charge in [-0.05, 0) is 17.9 Å². The molecule has 0 aliphatic carbocycles. The number of ether oxygens (including phenoxy) is 1. The summed E-state index contributed by atoms with van der Waals surface area (Å²) < 4.78 is 5.50. The molecule has 88 valence electrons. The van der Waals surface area contributed by atoms with Gasteiger partial charge in [0.1, 0.15) is 0 Å². The largest absolute Gasteiger partial charge is 0.374 e. The zero-order chi connectivity index (χ0) is 11.4. The van der Waals surface area contributed by atoms with Crippen molar-refractivity contribution in [3.63, 3.8) is 0 Å². The van der Waals surface area contributed by atoms with E-state index < -0.39 is 0 Å². The molecule has 16 heavy (non-hydrogen) atoms. The fourth-order valence-electron chi connectivity index (χ4n) is 1.65. The summed E-state index contributed by atoms with van der Waals surface area (Å²) in [5.74, 6) is -0.00655. The van der Waals surface area contributed by atoms with Crippen molar-refractivity contribution >= 4 is 17.2 Å². The van der Waals surface area contributed by atoms with Gasteiger partial charge in [-0.2, -0.15) is 11.3 Å². The van der Waals surface area contributed by atoms with Crippen LogP contribution >= 0.6 is 11.3 Å². The third-order valence-electron chi connectivity index (χ3n) is 2.59. The van der Waals surface area contributed by atoms with Crippen LogP contribution in [-0.4, -0.2) is 38.3 Å². The summed E-state index contributed by atoms with van der Waals surface area (Å²) in [5, 5.41) is 9.99. The highest BCUT2D eigenvalue weighted by molar-refractivity contribution is 7.08. The molecule has 1 atom stereocenters. The van der Waals surface area contributed by atoms with Crippen molar-refractivity contribution in [1.82, 2.24) is 10.6 Å². The zero-order valence-electron chi connectivity index (χ0n) is 9.29. The van der Waals surface area contributed by atoms with Crippen LogP contribution in [0.3, 0.4) is 0 Å². The summed E-state index contributed by atoms with van der Waals surface area (Å²) in [6.45, 7) is 4.94.